The molecule has 0 saturated carbocycles. The molecule has 2 rings (SSSR count). The second-order valence-corrected chi connectivity index (χ2v) is 4.03. The molecule has 8 heteroatoms. The van der Waals surface area contributed by atoms with E-state index in [-0.39, 0.29) is 0 Å². The Balaban J connectivity index is 0. The van der Waals surface area contributed by atoms with E-state index < -0.39 is 11.6 Å². The van der Waals surface area contributed by atoms with Gasteiger partial charge in [-0.3, -0.25) is 0 Å². The molecule has 1 aromatic carbocycles. The van der Waals surface area contributed by atoms with Gasteiger partial charge in [-0.2, -0.15) is 0 Å². The average Bonchev–Trinajstić information content (AvgIpc) is 2.67. The van der Waals surface area contributed by atoms with Gasteiger partial charge in [0.05, 0.1) is 0 Å². The third-order valence-electron chi connectivity index (χ3n) is 2.48. The van der Waals surface area contributed by atoms with E-state index in [1.807, 2.05) is 0 Å². The van der Waals surface area contributed by atoms with Crippen molar-refractivity contribution in [3.63, 3.8) is 0 Å². The van der Waals surface area contributed by atoms with Gasteiger partial charge in [0.2, 0.25) is 0 Å². The maximum absolute atomic E-state index is 12.7. The first-order valence-electron chi connectivity index (χ1n) is 7.04. The van der Waals surface area contributed by atoms with E-state index in [4.69, 9.17) is 14.9 Å². The van der Waals surface area contributed by atoms with Crippen molar-refractivity contribution in [1.29, 1.82) is 0 Å². The zero-order chi connectivity index (χ0) is 19.7. The molecule has 6 nitrogen and oxygen atoms in total. The fourth-order valence-electron chi connectivity index (χ4n) is 1.38. The topological polar surface area (TPSA) is 87.5 Å². The van der Waals surface area contributed by atoms with Crippen LogP contribution in [0.15, 0.2) is 37.3 Å². The first kappa shape index (κ1) is 24.8. The van der Waals surface area contributed by atoms with Crippen molar-refractivity contribution in [2.24, 2.45) is 0 Å². The van der Waals surface area contributed by atoms with Crippen LogP contribution in [0.5, 0.6) is 0 Å². The van der Waals surface area contributed by atoms with Gasteiger partial charge in [0.25, 0.3) is 0 Å². The molecular weight excluding hydrogens is 332 g/mol. The Morgan fingerprint density at radius 1 is 1.20 bits per heavy atom. The number of halogens is 2. The molecule has 2 aromatic rings. The number of anilines is 1. The highest BCUT2D eigenvalue weighted by molar-refractivity contribution is 5.49. The lowest BCUT2D eigenvalue weighted by molar-refractivity contribution is 0.221. The molecule has 0 bridgehead atoms. The fraction of sp³-hybridized carbons (Fsp3) is 0.294. The van der Waals surface area contributed by atoms with Crippen molar-refractivity contribution < 1.29 is 23.7 Å². The van der Waals surface area contributed by atoms with Crippen LogP contribution in [0.25, 0.3) is 6.08 Å². The summed E-state index contributed by atoms with van der Waals surface area (Å²) >= 11 is 0. The minimum atomic E-state index is -0.567. The summed E-state index contributed by atoms with van der Waals surface area (Å²) in [5, 5.41) is 16.9. The highest BCUT2D eigenvalue weighted by Crippen LogP contribution is 2.14. The van der Waals surface area contributed by atoms with Crippen LogP contribution < -0.4 is 5.32 Å². The van der Waals surface area contributed by atoms with Gasteiger partial charge in [-0.25, -0.2) is 18.7 Å². The maximum atomic E-state index is 12.7. The Morgan fingerprint density at radius 3 is 2.32 bits per heavy atom. The quantitative estimate of drug-likeness (QED) is 0.729. The number of aryl methyl sites for hydroxylation is 1. The number of hydrogen-bond acceptors (Lipinski definition) is 6. The van der Waals surface area contributed by atoms with Gasteiger partial charge in [-0.05, 0) is 24.6 Å². The van der Waals surface area contributed by atoms with Gasteiger partial charge in [0.1, 0.15) is 30.5 Å². The molecule has 0 aliphatic carbocycles. The number of aromatic nitrogens is 2. The summed E-state index contributed by atoms with van der Waals surface area (Å²) < 4.78 is 30.1. The zero-order valence-electron chi connectivity index (χ0n) is 14.8. The molecule has 0 fully saturated rings. The molecular formula is C17H25F2N3O3. The zero-order valence-corrected chi connectivity index (χ0v) is 14.8. The number of hydrogen-bond donors (Lipinski definition) is 3. The standard InChI is InChI=1S/C9H8F2.C6H9N3O.2CH4O/c1-3-7-4-6(2)8(10)5-9(7)11;1-10-5-9-6-2-3-7-4-8-6;2*1-2/h3-5H,1H2,2H3;2-4H,5H2,1H3,(H,7,8,9);2*2H,1H3. The van der Waals surface area contributed by atoms with Crippen molar-refractivity contribution in [2.75, 3.05) is 33.4 Å². The van der Waals surface area contributed by atoms with Crippen LogP contribution in [-0.2, 0) is 4.74 Å². The number of benzene rings is 1. The molecule has 0 radical (unpaired) electrons. The van der Waals surface area contributed by atoms with E-state index in [1.54, 1.807) is 26.3 Å². The first-order valence-corrected chi connectivity index (χ1v) is 7.04. The normalized spacial score (nSPS) is 8.48. The van der Waals surface area contributed by atoms with Gasteiger partial charge >= 0.3 is 0 Å². The molecule has 0 spiro atoms. The average molecular weight is 357 g/mol. The number of nitrogens with one attached hydrogen (secondary N) is 1. The van der Waals surface area contributed by atoms with Crippen LogP contribution in [0.2, 0.25) is 0 Å². The number of methoxy groups -OCH3 is 1. The van der Waals surface area contributed by atoms with Crippen LogP contribution in [0.3, 0.4) is 0 Å². The van der Waals surface area contributed by atoms with E-state index in [0.717, 1.165) is 26.1 Å². The molecule has 0 amide bonds. The lowest BCUT2D eigenvalue weighted by Crippen LogP contribution is -2.04. The molecule has 0 saturated heterocycles. The highest BCUT2D eigenvalue weighted by Gasteiger charge is 2.03. The van der Waals surface area contributed by atoms with Gasteiger partial charge in [0, 0.05) is 39.2 Å². The summed E-state index contributed by atoms with van der Waals surface area (Å²) in [4.78, 5) is 7.68. The lowest BCUT2D eigenvalue weighted by atomic mass is 10.1. The summed E-state index contributed by atoms with van der Waals surface area (Å²) in [7, 11) is 3.62. The van der Waals surface area contributed by atoms with Gasteiger partial charge in [-0.1, -0.05) is 12.7 Å². The minimum Gasteiger partial charge on any atom is -0.400 e. The second kappa shape index (κ2) is 16.4. The Bertz CT molecular complexity index is 585. The molecule has 140 valence electrons. The van der Waals surface area contributed by atoms with Crippen LogP contribution in [0.4, 0.5) is 14.6 Å². The Kier molecular flexibility index (Phi) is 16.3. The van der Waals surface area contributed by atoms with E-state index in [0.29, 0.717) is 17.9 Å². The Labute approximate surface area is 146 Å². The highest BCUT2D eigenvalue weighted by atomic mass is 19.1. The largest absolute Gasteiger partial charge is 0.400 e. The van der Waals surface area contributed by atoms with Gasteiger partial charge in [0.15, 0.2) is 0 Å². The SMILES string of the molecule is C=Cc1cc(C)c(F)cc1F.CO.CO.COCNc1ccncn1. The maximum Gasteiger partial charge on any atom is 0.133 e. The van der Waals surface area contributed by atoms with Crippen molar-refractivity contribution in [3.05, 3.63) is 60.1 Å². The van der Waals surface area contributed by atoms with Crippen LogP contribution in [0, 0.1) is 18.6 Å². The number of aliphatic hydroxyl groups excluding tert-OH is 2. The van der Waals surface area contributed by atoms with E-state index in [9.17, 15) is 8.78 Å². The molecule has 1 aromatic heterocycles. The number of nitrogens with zero attached hydrogens (tertiary/aromatic N) is 2. The summed E-state index contributed by atoms with van der Waals surface area (Å²) in [6, 6.07) is 4.07. The van der Waals surface area contributed by atoms with Gasteiger partial charge in [-0.15, -0.1) is 0 Å². The van der Waals surface area contributed by atoms with E-state index >= 15 is 0 Å². The second-order valence-electron chi connectivity index (χ2n) is 4.03. The van der Waals surface area contributed by atoms with Gasteiger partial charge < -0.3 is 20.3 Å². The third kappa shape index (κ3) is 10.9. The van der Waals surface area contributed by atoms with Crippen molar-refractivity contribution in [3.8, 4) is 0 Å². The van der Waals surface area contributed by atoms with Crippen molar-refractivity contribution >= 4 is 11.9 Å². The summed E-state index contributed by atoms with van der Waals surface area (Å²) in [6.45, 7) is 5.45. The molecule has 3 N–H and O–H groups in total. The summed E-state index contributed by atoms with van der Waals surface area (Å²) in [5.74, 6) is -0.312. The molecule has 0 unspecified atom stereocenters. The molecule has 0 aliphatic rings. The van der Waals surface area contributed by atoms with E-state index in [1.165, 1.54) is 18.5 Å². The number of rotatable bonds is 4. The lowest BCUT2D eigenvalue weighted by Gasteiger charge is -2.00. The van der Waals surface area contributed by atoms with Crippen LogP contribution >= 0.6 is 0 Å². The van der Waals surface area contributed by atoms with Crippen molar-refractivity contribution in [2.45, 2.75) is 6.92 Å². The predicted octanol–water partition coefficient (Wildman–Crippen LogP) is 2.63. The summed E-state index contributed by atoms with van der Waals surface area (Å²) in [5.41, 5.74) is 0.769. The Hall–Kier alpha value is -2.42. The van der Waals surface area contributed by atoms with Crippen molar-refractivity contribution in [1.82, 2.24) is 9.97 Å². The monoisotopic (exact) mass is 357 g/mol. The fourth-order valence-corrected chi connectivity index (χ4v) is 1.38. The predicted molar refractivity (Wildman–Crippen MR) is 95.0 cm³/mol. The van der Waals surface area contributed by atoms with E-state index in [2.05, 4.69) is 21.9 Å². The third-order valence-corrected chi connectivity index (χ3v) is 2.48. The van der Waals surface area contributed by atoms with Crippen LogP contribution in [-0.4, -0.2) is 48.2 Å². The first-order chi connectivity index (χ1) is 12.1. The molecule has 0 atom stereocenters. The van der Waals surface area contributed by atoms with Crippen LogP contribution in [0.1, 0.15) is 11.1 Å². The minimum absolute atomic E-state index is 0.337. The molecule has 1 heterocycles. The number of ether oxygens (including phenoxy) is 1. The Morgan fingerprint density at radius 2 is 1.84 bits per heavy atom. The summed E-state index contributed by atoms with van der Waals surface area (Å²) in [6.07, 6.45) is 4.52. The number of aliphatic hydroxyl groups is 2. The molecule has 0 aliphatic heterocycles. The smallest absolute Gasteiger partial charge is 0.133 e. The molecule has 25 heavy (non-hydrogen) atoms.